The van der Waals surface area contributed by atoms with Gasteiger partial charge in [0.25, 0.3) is 5.91 Å². The number of hydrogen-bond donors (Lipinski definition) is 1. The van der Waals surface area contributed by atoms with Crippen LogP contribution in [0.25, 0.3) is 0 Å². The molecule has 0 aliphatic carbocycles. The van der Waals surface area contributed by atoms with Crippen molar-refractivity contribution in [3.05, 3.63) is 38.8 Å². The zero-order chi connectivity index (χ0) is 11.5. The molecule has 0 bridgehead atoms. The number of carbonyl (C=O) groups excluding carboxylic acids is 1. The maximum absolute atomic E-state index is 11.9. The number of aromatic amines is 1. The van der Waals surface area contributed by atoms with E-state index in [0.29, 0.717) is 12.2 Å². The predicted molar refractivity (Wildman–Crippen MR) is 66.4 cm³/mol. The molecule has 0 aliphatic rings. The van der Waals surface area contributed by atoms with Gasteiger partial charge in [-0.2, -0.15) is 5.10 Å². The molecule has 0 fully saturated rings. The SMILES string of the molecule is CN(Cc1cc(Br)cs1)C(=O)c1ccn[nH]1. The summed E-state index contributed by atoms with van der Waals surface area (Å²) in [6.45, 7) is 0.605. The summed E-state index contributed by atoms with van der Waals surface area (Å²) in [5.74, 6) is -0.0537. The molecule has 6 heteroatoms. The van der Waals surface area contributed by atoms with Crippen molar-refractivity contribution in [3.8, 4) is 0 Å². The van der Waals surface area contributed by atoms with Gasteiger partial charge in [0.05, 0.1) is 6.54 Å². The van der Waals surface area contributed by atoms with E-state index in [9.17, 15) is 4.79 Å². The van der Waals surface area contributed by atoms with Crippen molar-refractivity contribution in [3.63, 3.8) is 0 Å². The number of nitrogens with one attached hydrogen (secondary N) is 1. The minimum atomic E-state index is -0.0537. The van der Waals surface area contributed by atoms with E-state index < -0.39 is 0 Å². The molecule has 84 valence electrons. The molecule has 2 aromatic heterocycles. The average molecular weight is 300 g/mol. The molecule has 0 saturated carbocycles. The maximum atomic E-state index is 11.9. The van der Waals surface area contributed by atoms with Crippen LogP contribution in [-0.4, -0.2) is 28.1 Å². The van der Waals surface area contributed by atoms with Crippen molar-refractivity contribution in [2.24, 2.45) is 0 Å². The number of hydrogen-bond acceptors (Lipinski definition) is 3. The Kier molecular flexibility index (Phi) is 3.40. The Labute approximate surface area is 105 Å². The van der Waals surface area contributed by atoms with Crippen molar-refractivity contribution in [1.82, 2.24) is 15.1 Å². The first-order valence-electron chi connectivity index (χ1n) is 4.64. The topological polar surface area (TPSA) is 49.0 Å². The van der Waals surface area contributed by atoms with E-state index in [2.05, 4.69) is 26.1 Å². The summed E-state index contributed by atoms with van der Waals surface area (Å²) < 4.78 is 1.05. The molecular formula is C10H10BrN3OS. The average Bonchev–Trinajstić information content (AvgIpc) is 2.88. The first-order chi connectivity index (χ1) is 7.66. The van der Waals surface area contributed by atoms with Crippen LogP contribution in [0.5, 0.6) is 0 Å². The second-order valence-electron chi connectivity index (χ2n) is 3.36. The third-order valence-electron chi connectivity index (χ3n) is 2.09. The van der Waals surface area contributed by atoms with Crippen molar-refractivity contribution in [1.29, 1.82) is 0 Å². The largest absolute Gasteiger partial charge is 0.335 e. The molecule has 0 spiro atoms. The molecule has 1 amide bonds. The van der Waals surface area contributed by atoms with Crippen LogP contribution in [0.15, 0.2) is 28.2 Å². The summed E-state index contributed by atoms with van der Waals surface area (Å²) in [6.07, 6.45) is 1.57. The van der Waals surface area contributed by atoms with Gasteiger partial charge in [-0.05, 0) is 28.1 Å². The Morgan fingerprint density at radius 3 is 3.06 bits per heavy atom. The van der Waals surface area contributed by atoms with E-state index in [-0.39, 0.29) is 5.91 Å². The fraction of sp³-hybridized carbons (Fsp3) is 0.200. The molecule has 2 aromatic rings. The first kappa shape index (κ1) is 11.3. The van der Waals surface area contributed by atoms with Gasteiger partial charge < -0.3 is 4.90 Å². The van der Waals surface area contributed by atoms with Gasteiger partial charge in [-0.3, -0.25) is 9.89 Å². The molecule has 0 saturated heterocycles. The van der Waals surface area contributed by atoms with Gasteiger partial charge in [0, 0.05) is 28.0 Å². The van der Waals surface area contributed by atoms with Gasteiger partial charge in [0.15, 0.2) is 0 Å². The summed E-state index contributed by atoms with van der Waals surface area (Å²) in [4.78, 5) is 14.7. The summed E-state index contributed by atoms with van der Waals surface area (Å²) in [5, 5.41) is 8.42. The van der Waals surface area contributed by atoms with E-state index in [4.69, 9.17) is 0 Å². The number of carbonyl (C=O) groups is 1. The standard InChI is InChI=1S/C10H10BrN3OS/c1-14(5-8-4-7(11)6-16-8)10(15)9-2-3-12-13-9/h2-4,6H,5H2,1H3,(H,12,13). The highest BCUT2D eigenvalue weighted by molar-refractivity contribution is 9.10. The van der Waals surface area contributed by atoms with Gasteiger partial charge in [0.2, 0.25) is 0 Å². The Bertz CT molecular complexity index is 480. The highest BCUT2D eigenvalue weighted by Gasteiger charge is 2.13. The third-order valence-corrected chi connectivity index (χ3v) is 3.77. The van der Waals surface area contributed by atoms with Crippen molar-refractivity contribution >= 4 is 33.2 Å². The summed E-state index contributed by atoms with van der Waals surface area (Å²) >= 11 is 5.01. The quantitative estimate of drug-likeness (QED) is 0.947. The van der Waals surface area contributed by atoms with Gasteiger partial charge >= 0.3 is 0 Å². The Morgan fingerprint density at radius 1 is 1.69 bits per heavy atom. The maximum Gasteiger partial charge on any atom is 0.271 e. The molecule has 0 unspecified atom stereocenters. The van der Waals surface area contributed by atoms with Gasteiger partial charge in [-0.15, -0.1) is 11.3 Å². The lowest BCUT2D eigenvalue weighted by Gasteiger charge is -2.14. The lowest BCUT2D eigenvalue weighted by atomic mass is 10.3. The van der Waals surface area contributed by atoms with Crippen LogP contribution in [0.2, 0.25) is 0 Å². The zero-order valence-electron chi connectivity index (χ0n) is 8.61. The molecule has 0 aliphatic heterocycles. The minimum Gasteiger partial charge on any atom is -0.335 e. The Morgan fingerprint density at radius 2 is 2.50 bits per heavy atom. The van der Waals surface area contributed by atoms with Crippen LogP contribution < -0.4 is 0 Å². The minimum absolute atomic E-state index is 0.0537. The molecular weight excluding hydrogens is 290 g/mol. The van der Waals surface area contributed by atoms with Gasteiger partial charge in [0.1, 0.15) is 5.69 Å². The normalized spacial score (nSPS) is 10.4. The Hall–Kier alpha value is -1.14. The fourth-order valence-corrected chi connectivity index (χ4v) is 2.83. The first-order valence-corrected chi connectivity index (χ1v) is 6.32. The number of halogens is 1. The summed E-state index contributed by atoms with van der Waals surface area (Å²) in [7, 11) is 1.77. The molecule has 0 radical (unpaired) electrons. The summed E-state index contributed by atoms with van der Waals surface area (Å²) in [5.41, 5.74) is 0.512. The highest BCUT2D eigenvalue weighted by Crippen LogP contribution is 2.21. The number of rotatable bonds is 3. The lowest BCUT2D eigenvalue weighted by Crippen LogP contribution is -2.26. The molecule has 0 atom stereocenters. The molecule has 2 heterocycles. The van der Waals surface area contributed by atoms with Crippen LogP contribution in [0, 0.1) is 0 Å². The van der Waals surface area contributed by atoms with E-state index in [0.717, 1.165) is 9.35 Å². The zero-order valence-corrected chi connectivity index (χ0v) is 11.0. The van der Waals surface area contributed by atoms with Crippen molar-refractivity contribution in [2.45, 2.75) is 6.54 Å². The fourth-order valence-electron chi connectivity index (χ4n) is 1.32. The molecule has 0 aromatic carbocycles. The van der Waals surface area contributed by atoms with E-state index in [1.54, 1.807) is 35.5 Å². The van der Waals surface area contributed by atoms with Crippen LogP contribution >= 0.6 is 27.3 Å². The number of nitrogens with zero attached hydrogens (tertiary/aromatic N) is 2. The number of thiophene rings is 1. The van der Waals surface area contributed by atoms with Crippen molar-refractivity contribution < 1.29 is 4.79 Å². The van der Waals surface area contributed by atoms with Crippen LogP contribution in [0.1, 0.15) is 15.4 Å². The van der Waals surface area contributed by atoms with E-state index in [1.807, 2.05) is 11.4 Å². The number of aromatic nitrogens is 2. The second kappa shape index (κ2) is 4.80. The van der Waals surface area contributed by atoms with Crippen LogP contribution in [0.4, 0.5) is 0 Å². The molecule has 4 nitrogen and oxygen atoms in total. The molecule has 16 heavy (non-hydrogen) atoms. The van der Waals surface area contributed by atoms with E-state index in [1.165, 1.54) is 0 Å². The Balaban J connectivity index is 2.03. The lowest BCUT2D eigenvalue weighted by molar-refractivity contribution is 0.0780. The van der Waals surface area contributed by atoms with E-state index >= 15 is 0 Å². The number of H-pyrrole nitrogens is 1. The second-order valence-corrected chi connectivity index (χ2v) is 5.27. The van der Waals surface area contributed by atoms with Crippen LogP contribution in [-0.2, 0) is 6.54 Å². The highest BCUT2D eigenvalue weighted by atomic mass is 79.9. The van der Waals surface area contributed by atoms with Crippen LogP contribution in [0.3, 0.4) is 0 Å². The van der Waals surface area contributed by atoms with Gasteiger partial charge in [-0.1, -0.05) is 0 Å². The smallest absolute Gasteiger partial charge is 0.271 e. The number of amides is 1. The predicted octanol–water partition coefficient (Wildman–Crippen LogP) is 2.51. The summed E-state index contributed by atoms with van der Waals surface area (Å²) in [6, 6.07) is 3.69. The third kappa shape index (κ3) is 2.51. The van der Waals surface area contributed by atoms with Crippen molar-refractivity contribution in [2.75, 3.05) is 7.05 Å². The van der Waals surface area contributed by atoms with Gasteiger partial charge in [-0.25, -0.2) is 0 Å². The molecule has 2 rings (SSSR count). The molecule has 1 N–H and O–H groups in total. The monoisotopic (exact) mass is 299 g/mol.